The van der Waals surface area contributed by atoms with Crippen molar-refractivity contribution < 1.29 is 17.6 Å². The Balaban J connectivity index is 1.71. The second-order valence-corrected chi connectivity index (χ2v) is 9.18. The number of fused-ring (bicyclic) bond motifs is 1. The average molecular weight is 417 g/mol. The van der Waals surface area contributed by atoms with E-state index in [1.165, 1.54) is 22.8 Å². The number of nitrogens with one attached hydrogen (secondary N) is 1. The third-order valence-electron chi connectivity index (χ3n) is 4.70. The molecule has 2 aromatic carbocycles. The molecule has 9 heteroatoms. The largest absolute Gasteiger partial charge is 0.419 e. The minimum atomic E-state index is -3.71. The first-order chi connectivity index (χ1) is 13.6. The van der Waals surface area contributed by atoms with Gasteiger partial charge in [0.05, 0.1) is 16.2 Å². The SMILES string of the molecule is Cc1ccc(NC(=O)CCS(=O)(=O)c2ccc3c(c2)oc(=O)n3C)cc1N(C)C. The number of oxazole rings is 1. The Hall–Kier alpha value is -3.07. The number of aromatic nitrogens is 1. The number of aryl methyl sites for hydroxylation is 2. The Kier molecular flexibility index (Phi) is 5.52. The fourth-order valence-corrected chi connectivity index (χ4v) is 4.30. The van der Waals surface area contributed by atoms with Crippen molar-refractivity contribution in [1.82, 2.24) is 4.57 Å². The maximum Gasteiger partial charge on any atom is 0.419 e. The van der Waals surface area contributed by atoms with Gasteiger partial charge in [-0.1, -0.05) is 6.07 Å². The first-order valence-corrected chi connectivity index (χ1v) is 10.6. The molecular weight excluding hydrogens is 394 g/mol. The van der Waals surface area contributed by atoms with Gasteiger partial charge in [-0.3, -0.25) is 9.36 Å². The second-order valence-electron chi connectivity index (χ2n) is 7.07. The van der Waals surface area contributed by atoms with Crippen molar-refractivity contribution in [2.75, 3.05) is 30.1 Å². The summed E-state index contributed by atoms with van der Waals surface area (Å²) in [6, 6.07) is 9.75. The summed E-state index contributed by atoms with van der Waals surface area (Å²) in [6.07, 6.45) is -0.190. The molecular formula is C20H23N3O5S. The van der Waals surface area contributed by atoms with E-state index in [1.807, 2.05) is 38.1 Å². The van der Waals surface area contributed by atoms with E-state index in [0.29, 0.717) is 11.2 Å². The molecule has 3 rings (SSSR count). The van der Waals surface area contributed by atoms with Gasteiger partial charge in [-0.2, -0.15) is 0 Å². The molecule has 154 valence electrons. The van der Waals surface area contributed by atoms with Crippen LogP contribution in [0.1, 0.15) is 12.0 Å². The van der Waals surface area contributed by atoms with Gasteiger partial charge in [0.2, 0.25) is 5.91 Å². The van der Waals surface area contributed by atoms with Crippen molar-refractivity contribution in [3.05, 3.63) is 52.5 Å². The molecule has 0 unspecified atom stereocenters. The van der Waals surface area contributed by atoms with Crippen LogP contribution in [0, 0.1) is 6.92 Å². The molecule has 0 radical (unpaired) electrons. The third kappa shape index (κ3) is 4.34. The first kappa shape index (κ1) is 20.7. The van der Waals surface area contributed by atoms with Gasteiger partial charge in [0.15, 0.2) is 15.4 Å². The number of carbonyl (C=O) groups is 1. The number of nitrogens with zero attached hydrogens (tertiary/aromatic N) is 2. The van der Waals surface area contributed by atoms with E-state index < -0.39 is 21.5 Å². The van der Waals surface area contributed by atoms with E-state index in [0.717, 1.165) is 11.3 Å². The molecule has 0 aliphatic heterocycles. The molecule has 0 bridgehead atoms. The molecule has 0 spiro atoms. The molecule has 8 nitrogen and oxygen atoms in total. The van der Waals surface area contributed by atoms with E-state index in [2.05, 4.69) is 5.32 Å². The zero-order chi connectivity index (χ0) is 21.3. The van der Waals surface area contributed by atoms with E-state index in [9.17, 15) is 18.0 Å². The zero-order valence-electron chi connectivity index (χ0n) is 16.7. The number of carbonyl (C=O) groups excluding carboxylic acids is 1. The molecule has 3 aromatic rings. The van der Waals surface area contributed by atoms with Crippen LogP contribution in [0.15, 0.2) is 50.5 Å². The predicted octanol–water partition coefficient (Wildman–Crippen LogP) is 2.31. The lowest BCUT2D eigenvalue weighted by Gasteiger charge is -2.17. The summed E-state index contributed by atoms with van der Waals surface area (Å²) < 4.78 is 31.5. The molecule has 1 heterocycles. The predicted molar refractivity (Wildman–Crippen MR) is 112 cm³/mol. The Bertz CT molecular complexity index is 1240. The maximum absolute atomic E-state index is 12.6. The molecule has 1 N–H and O–H groups in total. The summed E-state index contributed by atoms with van der Waals surface area (Å²) in [5.74, 6) is -1.31. The van der Waals surface area contributed by atoms with Crippen molar-refractivity contribution in [3.63, 3.8) is 0 Å². The number of rotatable bonds is 6. The molecule has 1 amide bonds. The quantitative estimate of drug-likeness (QED) is 0.660. The van der Waals surface area contributed by atoms with Gasteiger partial charge in [0, 0.05) is 45.0 Å². The number of hydrogen-bond acceptors (Lipinski definition) is 6. The Morgan fingerprint density at radius 1 is 1.17 bits per heavy atom. The molecule has 0 atom stereocenters. The number of amides is 1. The normalized spacial score (nSPS) is 11.6. The summed E-state index contributed by atoms with van der Waals surface area (Å²) in [5.41, 5.74) is 3.34. The van der Waals surface area contributed by atoms with Crippen molar-refractivity contribution in [2.45, 2.75) is 18.2 Å². The lowest BCUT2D eigenvalue weighted by molar-refractivity contribution is -0.115. The van der Waals surface area contributed by atoms with Gasteiger partial charge >= 0.3 is 5.76 Å². The van der Waals surface area contributed by atoms with E-state index in [4.69, 9.17) is 4.42 Å². The summed E-state index contributed by atoms with van der Waals surface area (Å²) in [7, 11) is 1.65. The van der Waals surface area contributed by atoms with Crippen molar-refractivity contribution in [2.24, 2.45) is 7.05 Å². The standard InChI is InChI=1S/C20H23N3O5S/c1-13-5-6-14(11-17(13)22(2)3)21-19(24)9-10-29(26,27)15-7-8-16-18(12-15)28-20(25)23(16)4/h5-8,11-12H,9-10H2,1-4H3,(H,21,24). The fourth-order valence-electron chi connectivity index (χ4n) is 3.04. The van der Waals surface area contributed by atoms with E-state index in [1.54, 1.807) is 13.1 Å². The van der Waals surface area contributed by atoms with Gasteiger partial charge in [-0.05, 0) is 36.8 Å². The van der Waals surface area contributed by atoms with Crippen LogP contribution in [-0.2, 0) is 21.7 Å². The molecule has 0 aliphatic carbocycles. The van der Waals surface area contributed by atoms with Crippen LogP contribution < -0.4 is 16.0 Å². The van der Waals surface area contributed by atoms with Crippen molar-refractivity contribution in [1.29, 1.82) is 0 Å². The Morgan fingerprint density at radius 3 is 2.59 bits per heavy atom. The first-order valence-electron chi connectivity index (χ1n) is 8.98. The van der Waals surface area contributed by atoms with Gasteiger partial charge in [-0.15, -0.1) is 0 Å². The number of hydrogen-bond donors (Lipinski definition) is 1. The monoisotopic (exact) mass is 417 g/mol. The second kappa shape index (κ2) is 7.75. The highest BCUT2D eigenvalue weighted by molar-refractivity contribution is 7.91. The zero-order valence-corrected chi connectivity index (χ0v) is 17.5. The summed E-state index contributed by atoms with van der Waals surface area (Å²) in [5, 5.41) is 2.74. The molecule has 1 aromatic heterocycles. The van der Waals surface area contributed by atoms with Gasteiger partial charge in [-0.25, -0.2) is 13.2 Å². The topological polar surface area (TPSA) is 102 Å². The highest BCUT2D eigenvalue weighted by Crippen LogP contribution is 2.23. The van der Waals surface area contributed by atoms with E-state index >= 15 is 0 Å². The minimum absolute atomic E-state index is 0.0115. The lowest BCUT2D eigenvalue weighted by Crippen LogP contribution is -2.18. The molecule has 0 aliphatic rings. The van der Waals surface area contributed by atoms with Crippen LogP contribution in [0.3, 0.4) is 0 Å². The highest BCUT2D eigenvalue weighted by atomic mass is 32.2. The summed E-state index contributed by atoms with van der Waals surface area (Å²) in [6.45, 7) is 1.97. The smallest absolute Gasteiger partial charge is 0.408 e. The van der Waals surface area contributed by atoms with E-state index in [-0.39, 0.29) is 22.7 Å². The number of anilines is 2. The fraction of sp³-hybridized carbons (Fsp3) is 0.300. The van der Waals surface area contributed by atoms with Crippen LogP contribution in [0.4, 0.5) is 11.4 Å². The Morgan fingerprint density at radius 2 is 1.90 bits per heavy atom. The molecule has 0 saturated heterocycles. The number of sulfone groups is 1. The number of benzene rings is 2. The average Bonchev–Trinajstić information content (AvgIpc) is 2.95. The molecule has 29 heavy (non-hydrogen) atoms. The maximum atomic E-state index is 12.6. The minimum Gasteiger partial charge on any atom is -0.408 e. The summed E-state index contributed by atoms with van der Waals surface area (Å²) >= 11 is 0. The summed E-state index contributed by atoms with van der Waals surface area (Å²) in [4.78, 5) is 25.8. The van der Waals surface area contributed by atoms with Crippen LogP contribution in [0.2, 0.25) is 0 Å². The van der Waals surface area contributed by atoms with Gasteiger partial charge in [0.25, 0.3) is 0 Å². The van der Waals surface area contributed by atoms with Crippen molar-refractivity contribution in [3.8, 4) is 0 Å². The van der Waals surface area contributed by atoms with Gasteiger partial charge in [0.1, 0.15) is 0 Å². The highest BCUT2D eigenvalue weighted by Gasteiger charge is 2.19. The van der Waals surface area contributed by atoms with Crippen LogP contribution in [-0.4, -0.2) is 38.7 Å². The third-order valence-corrected chi connectivity index (χ3v) is 6.41. The molecule has 0 fully saturated rings. The van der Waals surface area contributed by atoms with Crippen LogP contribution in [0.5, 0.6) is 0 Å². The van der Waals surface area contributed by atoms with Crippen LogP contribution >= 0.6 is 0 Å². The Labute approximate surface area is 168 Å². The lowest BCUT2D eigenvalue weighted by atomic mass is 10.1. The van der Waals surface area contributed by atoms with Crippen LogP contribution in [0.25, 0.3) is 11.1 Å². The van der Waals surface area contributed by atoms with Gasteiger partial charge < -0.3 is 14.6 Å². The van der Waals surface area contributed by atoms with Crippen molar-refractivity contribution >= 4 is 38.2 Å². The molecule has 0 saturated carbocycles.